The Bertz CT molecular complexity index is 471. The highest BCUT2D eigenvalue weighted by molar-refractivity contribution is 9.10. The van der Waals surface area contributed by atoms with E-state index in [2.05, 4.69) is 25.9 Å². The number of halogens is 2. The summed E-state index contributed by atoms with van der Waals surface area (Å²) in [6.45, 7) is 0.319. The van der Waals surface area contributed by atoms with Gasteiger partial charge in [-0.1, -0.05) is 0 Å². The van der Waals surface area contributed by atoms with Crippen LogP contribution in [0.3, 0.4) is 0 Å². The maximum atomic E-state index is 13.3. The first kappa shape index (κ1) is 11.5. The van der Waals surface area contributed by atoms with Crippen LogP contribution in [0.2, 0.25) is 0 Å². The fourth-order valence-electron chi connectivity index (χ4n) is 1.50. The number of H-pyrrole nitrogens is 1. The van der Waals surface area contributed by atoms with E-state index in [9.17, 15) is 4.39 Å². The van der Waals surface area contributed by atoms with E-state index in [4.69, 9.17) is 10.5 Å². The van der Waals surface area contributed by atoms with E-state index in [0.29, 0.717) is 27.9 Å². The number of hydrogen-bond donors (Lipinski definition) is 2. The van der Waals surface area contributed by atoms with Gasteiger partial charge < -0.3 is 15.5 Å². The second kappa shape index (κ2) is 4.48. The van der Waals surface area contributed by atoms with Crippen molar-refractivity contribution >= 4 is 27.0 Å². The van der Waals surface area contributed by atoms with Crippen LogP contribution in [-0.2, 0) is 4.74 Å². The summed E-state index contributed by atoms with van der Waals surface area (Å²) >= 11 is 3.11. The lowest BCUT2D eigenvalue weighted by molar-refractivity contribution is 0.104. The molecule has 86 valence electrons. The molecule has 1 aromatic heterocycles. The normalized spacial score (nSPS) is 13.2. The van der Waals surface area contributed by atoms with E-state index in [1.807, 2.05) is 0 Å². The largest absolute Gasteiger partial charge is 0.372 e. The van der Waals surface area contributed by atoms with Crippen molar-refractivity contribution in [2.75, 3.05) is 13.7 Å². The third-order valence-corrected chi connectivity index (χ3v) is 2.95. The molecule has 0 amide bonds. The van der Waals surface area contributed by atoms with Crippen LogP contribution in [0.15, 0.2) is 16.6 Å². The van der Waals surface area contributed by atoms with Crippen molar-refractivity contribution in [1.82, 2.24) is 9.97 Å². The van der Waals surface area contributed by atoms with Gasteiger partial charge in [-0.3, -0.25) is 0 Å². The quantitative estimate of drug-likeness (QED) is 0.909. The Morgan fingerprint density at radius 1 is 1.62 bits per heavy atom. The van der Waals surface area contributed by atoms with Gasteiger partial charge in [0.25, 0.3) is 0 Å². The van der Waals surface area contributed by atoms with Gasteiger partial charge in [-0.05, 0) is 22.0 Å². The molecule has 0 saturated carbocycles. The molecule has 1 unspecified atom stereocenters. The van der Waals surface area contributed by atoms with Crippen molar-refractivity contribution in [3.63, 3.8) is 0 Å². The van der Waals surface area contributed by atoms with Crippen molar-refractivity contribution in [2.45, 2.75) is 6.10 Å². The zero-order valence-corrected chi connectivity index (χ0v) is 10.2. The maximum Gasteiger partial charge on any atom is 0.139 e. The Hall–Kier alpha value is -0.980. The van der Waals surface area contributed by atoms with E-state index >= 15 is 0 Å². The lowest BCUT2D eigenvalue weighted by Gasteiger charge is -2.08. The van der Waals surface area contributed by atoms with Crippen LogP contribution in [0.5, 0.6) is 0 Å². The predicted octanol–water partition coefficient (Wildman–Crippen LogP) is 2.11. The average molecular weight is 288 g/mol. The number of aromatic nitrogens is 2. The fraction of sp³-hybridized carbons (Fsp3) is 0.300. The maximum absolute atomic E-state index is 13.3. The Kier molecular flexibility index (Phi) is 3.22. The van der Waals surface area contributed by atoms with Crippen LogP contribution in [0.1, 0.15) is 11.9 Å². The number of nitrogens with zero attached hydrogens (tertiary/aromatic N) is 1. The van der Waals surface area contributed by atoms with Crippen LogP contribution < -0.4 is 5.73 Å². The molecule has 0 saturated heterocycles. The number of nitrogens with one attached hydrogen (secondary N) is 1. The number of aromatic amines is 1. The SMILES string of the molecule is COC(CN)c1nc2cc(Br)c(F)cc2[nH]1. The minimum atomic E-state index is -0.329. The summed E-state index contributed by atoms with van der Waals surface area (Å²) < 4.78 is 18.8. The van der Waals surface area contributed by atoms with Crippen molar-refractivity contribution in [1.29, 1.82) is 0 Å². The van der Waals surface area contributed by atoms with E-state index in [1.165, 1.54) is 6.07 Å². The third kappa shape index (κ3) is 1.95. The first-order valence-corrected chi connectivity index (χ1v) is 5.52. The Labute approximate surface area is 100 Å². The molecule has 2 aromatic rings. The topological polar surface area (TPSA) is 63.9 Å². The van der Waals surface area contributed by atoms with Crippen molar-refractivity contribution in [2.24, 2.45) is 5.73 Å². The van der Waals surface area contributed by atoms with Crippen LogP contribution in [0.4, 0.5) is 4.39 Å². The van der Waals surface area contributed by atoms with E-state index in [0.717, 1.165) is 0 Å². The highest BCUT2D eigenvalue weighted by Crippen LogP contribution is 2.23. The molecule has 0 radical (unpaired) electrons. The van der Waals surface area contributed by atoms with Crippen molar-refractivity contribution in [3.8, 4) is 0 Å². The second-order valence-corrected chi connectivity index (χ2v) is 4.22. The molecule has 16 heavy (non-hydrogen) atoms. The number of rotatable bonds is 3. The molecule has 0 aliphatic heterocycles. The lowest BCUT2D eigenvalue weighted by Crippen LogP contribution is -2.15. The number of ether oxygens (including phenoxy) is 1. The summed E-state index contributed by atoms with van der Waals surface area (Å²) in [5.74, 6) is 0.280. The van der Waals surface area contributed by atoms with Gasteiger partial charge in [0.15, 0.2) is 0 Å². The first-order valence-electron chi connectivity index (χ1n) is 4.73. The first-order chi connectivity index (χ1) is 7.65. The molecule has 0 fully saturated rings. The van der Waals surface area contributed by atoms with Crippen molar-refractivity contribution in [3.05, 3.63) is 28.2 Å². The molecule has 3 N–H and O–H groups in total. The van der Waals surface area contributed by atoms with Crippen LogP contribution in [-0.4, -0.2) is 23.6 Å². The predicted molar refractivity (Wildman–Crippen MR) is 62.6 cm³/mol. The van der Waals surface area contributed by atoms with Gasteiger partial charge in [0.2, 0.25) is 0 Å². The van der Waals surface area contributed by atoms with E-state index in [1.54, 1.807) is 13.2 Å². The Morgan fingerprint density at radius 2 is 2.38 bits per heavy atom. The summed E-state index contributed by atoms with van der Waals surface area (Å²) in [4.78, 5) is 7.29. The van der Waals surface area contributed by atoms with Crippen LogP contribution in [0, 0.1) is 5.82 Å². The highest BCUT2D eigenvalue weighted by atomic mass is 79.9. The van der Waals surface area contributed by atoms with Gasteiger partial charge in [-0.2, -0.15) is 0 Å². The van der Waals surface area contributed by atoms with Gasteiger partial charge in [0.1, 0.15) is 17.7 Å². The molecule has 2 rings (SSSR count). The summed E-state index contributed by atoms with van der Waals surface area (Å²) in [5, 5.41) is 0. The number of fused-ring (bicyclic) bond motifs is 1. The smallest absolute Gasteiger partial charge is 0.139 e. The molecule has 6 heteroatoms. The third-order valence-electron chi connectivity index (χ3n) is 2.35. The molecule has 1 heterocycles. The van der Waals surface area contributed by atoms with Gasteiger partial charge in [-0.25, -0.2) is 9.37 Å². The van der Waals surface area contributed by atoms with Gasteiger partial charge >= 0.3 is 0 Å². The van der Waals surface area contributed by atoms with E-state index in [-0.39, 0.29) is 11.9 Å². The number of benzene rings is 1. The molecule has 0 aliphatic carbocycles. The monoisotopic (exact) mass is 287 g/mol. The summed E-state index contributed by atoms with van der Waals surface area (Å²) in [7, 11) is 1.56. The summed E-state index contributed by atoms with van der Waals surface area (Å²) in [5.41, 5.74) is 6.84. The molecule has 4 nitrogen and oxygen atoms in total. The van der Waals surface area contributed by atoms with Gasteiger partial charge in [0, 0.05) is 19.7 Å². The Morgan fingerprint density at radius 3 is 3.00 bits per heavy atom. The molecule has 0 spiro atoms. The van der Waals surface area contributed by atoms with Crippen LogP contribution in [0.25, 0.3) is 11.0 Å². The van der Waals surface area contributed by atoms with E-state index < -0.39 is 0 Å². The molecular weight excluding hydrogens is 277 g/mol. The number of nitrogens with two attached hydrogens (primary N) is 1. The molecule has 1 aromatic carbocycles. The fourth-order valence-corrected chi connectivity index (χ4v) is 1.83. The van der Waals surface area contributed by atoms with Gasteiger partial charge in [0.05, 0.1) is 15.5 Å². The highest BCUT2D eigenvalue weighted by Gasteiger charge is 2.14. The summed E-state index contributed by atoms with van der Waals surface area (Å²) in [6.07, 6.45) is -0.297. The molecular formula is C10H11BrFN3O. The zero-order chi connectivity index (χ0) is 11.7. The number of methoxy groups -OCH3 is 1. The number of imidazole rings is 1. The van der Waals surface area contributed by atoms with Crippen molar-refractivity contribution < 1.29 is 9.13 Å². The molecule has 1 atom stereocenters. The molecule has 0 bridgehead atoms. The zero-order valence-electron chi connectivity index (χ0n) is 8.63. The van der Waals surface area contributed by atoms with Crippen LogP contribution >= 0.6 is 15.9 Å². The standard InChI is InChI=1S/C10H11BrFN3O/c1-16-9(4-13)10-14-7-2-5(11)6(12)3-8(7)15-10/h2-3,9H,4,13H2,1H3,(H,14,15). The average Bonchev–Trinajstić information content (AvgIpc) is 2.63. The minimum Gasteiger partial charge on any atom is -0.372 e. The number of hydrogen-bond acceptors (Lipinski definition) is 3. The second-order valence-electron chi connectivity index (χ2n) is 3.37. The van der Waals surface area contributed by atoms with Gasteiger partial charge in [-0.15, -0.1) is 0 Å². The minimum absolute atomic E-state index is 0.297. The lowest BCUT2D eigenvalue weighted by atomic mass is 10.3. The summed E-state index contributed by atoms with van der Waals surface area (Å²) in [6, 6.07) is 3.01. The Balaban J connectivity index is 2.51. The molecule has 0 aliphatic rings.